The molecule has 2 aromatic heterocycles. The minimum Gasteiger partial charge on any atom is -0.354 e. The van der Waals surface area contributed by atoms with E-state index < -0.39 is 0 Å². The number of nitrogens with one attached hydrogen (secondary N) is 2. The molecule has 1 saturated heterocycles. The van der Waals surface area contributed by atoms with E-state index in [9.17, 15) is 0 Å². The summed E-state index contributed by atoms with van der Waals surface area (Å²) in [5.41, 5.74) is 2.02. The van der Waals surface area contributed by atoms with Crippen LogP contribution < -0.4 is 10.6 Å². The first-order valence-electron chi connectivity index (χ1n) is 6.59. The van der Waals surface area contributed by atoms with Crippen LogP contribution in [0.2, 0.25) is 0 Å². The Balaban J connectivity index is 1.62. The maximum atomic E-state index is 4.35. The number of hydrogen-bond acceptors (Lipinski definition) is 5. The van der Waals surface area contributed by atoms with E-state index in [1.807, 2.05) is 30.7 Å². The van der Waals surface area contributed by atoms with Crippen molar-refractivity contribution in [3.8, 4) is 11.1 Å². The Morgan fingerprint density at radius 2 is 2.11 bits per heavy atom. The van der Waals surface area contributed by atoms with Crippen LogP contribution in [0.5, 0.6) is 0 Å². The van der Waals surface area contributed by atoms with Gasteiger partial charge >= 0.3 is 0 Å². The van der Waals surface area contributed by atoms with Gasteiger partial charge in [0.05, 0.1) is 0 Å². The van der Waals surface area contributed by atoms with E-state index in [-0.39, 0.29) is 0 Å². The molecule has 2 N–H and O–H groups in total. The van der Waals surface area contributed by atoms with Crippen LogP contribution >= 0.6 is 0 Å². The van der Waals surface area contributed by atoms with Crippen LogP contribution in [-0.2, 0) is 0 Å². The Kier molecular flexibility index (Phi) is 3.65. The van der Waals surface area contributed by atoms with E-state index >= 15 is 0 Å². The highest BCUT2D eigenvalue weighted by molar-refractivity contribution is 5.60. The highest BCUT2D eigenvalue weighted by atomic mass is 15.1. The molecule has 1 atom stereocenters. The van der Waals surface area contributed by atoms with Gasteiger partial charge in [-0.3, -0.25) is 4.98 Å². The fourth-order valence-corrected chi connectivity index (χ4v) is 2.23. The molecule has 0 bridgehead atoms. The average Bonchev–Trinajstić information content (AvgIpc) is 3.00. The summed E-state index contributed by atoms with van der Waals surface area (Å²) in [5.74, 6) is 1.38. The maximum absolute atomic E-state index is 4.35. The zero-order chi connectivity index (χ0) is 12.9. The van der Waals surface area contributed by atoms with Crippen molar-refractivity contribution in [2.75, 3.05) is 25.0 Å². The number of rotatable bonds is 4. The molecule has 19 heavy (non-hydrogen) atoms. The molecule has 5 nitrogen and oxygen atoms in total. The summed E-state index contributed by atoms with van der Waals surface area (Å²) in [6.45, 7) is 3.13. The standard InChI is InChI=1S/C14H17N5/c1-2-12(8-15-4-1)13-9-18-14(19-10-13)17-7-11-3-5-16-6-11/h1-2,4,8-11,16H,3,5-7H2,(H,17,18,19). The summed E-state index contributed by atoms with van der Waals surface area (Å²) >= 11 is 0. The second kappa shape index (κ2) is 5.75. The summed E-state index contributed by atoms with van der Waals surface area (Å²) in [6.07, 6.45) is 8.46. The third kappa shape index (κ3) is 3.06. The van der Waals surface area contributed by atoms with Crippen molar-refractivity contribution in [3.05, 3.63) is 36.9 Å². The fourth-order valence-electron chi connectivity index (χ4n) is 2.23. The molecule has 1 aliphatic rings. The monoisotopic (exact) mass is 255 g/mol. The van der Waals surface area contributed by atoms with Crippen LogP contribution in [0.3, 0.4) is 0 Å². The SMILES string of the molecule is c1cncc(-c2cnc(NCC3CCNC3)nc2)c1. The third-order valence-corrected chi connectivity index (χ3v) is 3.36. The minimum absolute atomic E-state index is 0.682. The van der Waals surface area contributed by atoms with Gasteiger partial charge in [-0.2, -0.15) is 0 Å². The normalized spacial score (nSPS) is 18.4. The molecule has 0 aliphatic carbocycles. The van der Waals surface area contributed by atoms with Crippen molar-refractivity contribution < 1.29 is 0 Å². The Labute approximate surface area is 112 Å². The molecule has 2 aromatic rings. The molecular weight excluding hydrogens is 238 g/mol. The molecule has 1 unspecified atom stereocenters. The molecule has 0 aromatic carbocycles. The molecule has 1 aliphatic heterocycles. The quantitative estimate of drug-likeness (QED) is 0.868. The first-order chi connectivity index (χ1) is 9.42. The lowest BCUT2D eigenvalue weighted by atomic mass is 10.1. The zero-order valence-electron chi connectivity index (χ0n) is 10.7. The molecule has 3 rings (SSSR count). The van der Waals surface area contributed by atoms with Crippen molar-refractivity contribution in [2.24, 2.45) is 5.92 Å². The number of hydrogen-bond donors (Lipinski definition) is 2. The number of pyridine rings is 1. The van der Waals surface area contributed by atoms with Gasteiger partial charge in [-0.25, -0.2) is 9.97 Å². The molecule has 3 heterocycles. The van der Waals surface area contributed by atoms with Gasteiger partial charge in [0.1, 0.15) is 0 Å². The van der Waals surface area contributed by atoms with E-state index in [1.165, 1.54) is 6.42 Å². The summed E-state index contributed by atoms with van der Waals surface area (Å²) in [5, 5.41) is 6.64. The molecule has 0 amide bonds. The van der Waals surface area contributed by atoms with E-state index in [0.29, 0.717) is 11.9 Å². The van der Waals surface area contributed by atoms with Crippen molar-refractivity contribution in [1.29, 1.82) is 0 Å². The van der Waals surface area contributed by atoms with E-state index in [2.05, 4.69) is 25.6 Å². The highest BCUT2D eigenvalue weighted by Gasteiger charge is 2.14. The second-order valence-electron chi connectivity index (χ2n) is 4.78. The van der Waals surface area contributed by atoms with Gasteiger partial charge < -0.3 is 10.6 Å². The van der Waals surface area contributed by atoms with Crippen LogP contribution in [0.25, 0.3) is 11.1 Å². The van der Waals surface area contributed by atoms with Gasteiger partial charge in [0.25, 0.3) is 0 Å². The maximum Gasteiger partial charge on any atom is 0.222 e. The van der Waals surface area contributed by atoms with Crippen LogP contribution in [-0.4, -0.2) is 34.6 Å². The van der Waals surface area contributed by atoms with Gasteiger partial charge in [0.15, 0.2) is 0 Å². The van der Waals surface area contributed by atoms with Crippen LogP contribution in [0.1, 0.15) is 6.42 Å². The van der Waals surface area contributed by atoms with Gasteiger partial charge in [-0.05, 0) is 31.5 Å². The first kappa shape index (κ1) is 12.0. The molecule has 1 fully saturated rings. The van der Waals surface area contributed by atoms with Gasteiger partial charge in [-0.15, -0.1) is 0 Å². The highest BCUT2D eigenvalue weighted by Crippen LogP contribution is 2.16. The summed E-state index contributed by atoms with van der Waals surface area (Å²) in [4.78, 5) is 12.8. The largest absolute Gasteiger partial charge is 0.354 e. The Bertz CT molecular complexity index is 505. The van der Waals surface area contributed by atoms with Gasteiger partial charge in [0.2, 0.25) is 5.95 Å². The van der Waals surface area contributed by atoms with E-state index in [1.54, 1.807) is 6.20 Å². The zero-order valence-corrected chi connectivity index (χ0v) is 10.7. The molecule has 98 valence electrons. The van der Waals surface area contributed by atoms with E-state index in [0.717, 1.165) is 30.8 Å². The average molecular weight is 255 g/mol. The summed E-state index contributed by atoms with van der Waals surface area (Å²) < 4.78 is 0. The lowest BCUT2D eigenvalue weighted by molar-refractivity contribution is 0.613. The molecular formula is C14H17N5. The van der Waals surface area contributed by atoms with Crippen LogP contribution in [0, 0.1) is 5.92 Å². The smallest absolute Gasteiger partial charge is 0.222 e. The van der Waals surface area contributed by atoms with Gasteiger partial charge in [0, 0.05) is 42.5 Å². The van der Waals surface area contributed by atoms with E-state index in [4.69, 9.17) is 0 Å². The minimum atomic E-state index is 0.682. The first-order valence-corrected chi connectivity index (χ1v) is 6.59. The van der Waals surface area contributed by atoms with Crippen LogP contribution in [0.4, 0.5) is 5.95 Å². The third-order valence-electron chi connectivity index (χ3n) is 3.36. The van der Waals surface area contributed by atoms with Crippen molar-refractivity contribution in [2.45, 2.75) is 6.42 Å². The van der Waals surface area contributed by atoms with Crippen molar-refractivity contribution in [3.63, 3.8) is 0 Å². The Morgan fingerprint density at radius 3 is 2.79 bits per heavy atom. The second-order valence-corrected chi connectivity index (χ2v) is 4.78. The Morgan fingerprint density at radius 1 is 1.21 bits per heavy atom. The molecule has 0 radical (unpaired) electrons. The number of nitrogens with zero attached hydrogens (tertiary/aromatic N) is 3. The number of anilines is 1. The lowest BCUT2D eigenvalue weighted by Gasteiger charge is -2.09. The van der Waals surface area contributed by atoms with Crippen LogP contribution in [0.15, 0.2) is 36.9 Å². The Hall–Kier alpha value is -2.01. The number of aromatic nitrogens is 3. The molecule has 5 heteroatoms. The summed E-state index contributed by atoms with van der Waals surface area (Å²) in [7, 11) is 0. The summed E-state index contributed by atoms with van der Waals surface area (Å²) in [6, 6.07) is 3.91. The molecule has 0 spiro atoms. The fraction of sp³-hybridized carbons (Fsp3) is 0.357. The van der Waals surface area contributed by atoms with Crippen molar-refractivity contribution >= 4 is 5.95 Å². The predicted octanol–water partition coefficient (Wildman–Crippen LogP) is 1.56. The van der Waals surface area contributed by atoms with Crippen molar-refractivity contribution in [1.82, 2.24) is 20.3 Å². The molecule has 0 saturated carbocycles. The topological polar surface area (TPSA) is 62.7 Å². The van der Waals surface area contributed by atoms with Gasteiger partial charge in [-0.1, -0.05) is 6.07 Å². The predicted molar refractivity (Wildman–Crippen MR) is 74.7 cm³/mol. The lowest BCUT2D eigenvalue weighted by Crippen LogP contribution is -2.18.